The molecule has 3 atom stereocenters. The Morgan fingerprint density at radius 2 is 1.70 bits per heavy atom. The fourth-order valence-electron chi connectivity index (χ4n) is 3.45. The Bertz CT molecular complexity index is 922. The Balaban J connectivity index is 1.63. The number of hydrogen-bond donors (Lipinski definition) is 1. The highest BCUT2D eigenvalue weighted by molar-refractivity contribution is 6.74. The third-order valence-electron chi connectivity index (χ3n) is 6.78. The summed E-state index contributed by atoms with van der Waals surface area (Å²) in [4.78, 5) is 12.6. The van der Waals surface area contributed by atoms with E-state index < -0.39 is 32.3 Å². The zero-order chi connectivity index (χ0) is 24.3. The number of methoxy groups -OCH3 is 1. The first-order chi connectivity index (χ1) is 15.4. The lowest BCUT2D eigenvalue weighted by atomic mass is 9.97. The lowest BCUT2D eigenvalue weighted by Gasteiger charge is -2.39. The smallest absolute Gasteiger partial charge is 0.338 e. The molecule has 1 aliphatic rings. The van der Waals surface area contributed by atoms with E-state index in [-0.39, 0.29) is 24.7 Å². The maximum Gasteiger partial charge on any atom is 0.338 e. The van der Waals surface area contributed by atoms with Gasteiger partial charge in [-0.25, -0.2) is 4.79 Å². The van der Waals surface area contributed by atoms with Crippen molar-refractivity contribution in [1.29, 1.82) is 0 Å². The van der Waals surface area contributed by atoms with E-state index in [1.165, 1.54) is 7.11 Å². The minimum absolute atomic E-state index is 0.0113. The lowest BCUT2D eigenvalue weighted by molar-refractivity contribution is -0.140. The van der Waals surface area contributed by atoms with Gasteiger partial charge in [-0.15, -0.1) is 0 Å². The first-order valence-electron chi connectivity index (χ1n) is 11.3. The van der Waals surface area contributed by atoms with Gasteiger partial charge >= 0.3 is 5.97 Å². The summed E-state index contributed by atoms with van der Waals surface area (Å²) < 4.78 is 22.9. The summed E-state index contributed by atoms with van der Waals surface area (Å²) in [6.07, 6.45) is -1.06. The summed E-state index contributed by atoms with van der Waals surface area (Å²) in [5, 5.41) is 11.3. The maximum atomic E-state index is 12.6. The fraction of sp³-hybridized carbons (Fsp3) is 0.500. The van der Waals surface area contributed by atoms with E-state index in [4.69, 9.17) is 18.6 Å². The largest absolute Gasteiger partial charge is 0.459 e. The van der Waals surface area contributed by atoms with Gasteiger partial charge in [0.25, 0.3) is 0 Å². The summed E-state index contributed by atoms with van der Waals surface area (Å²) in [5.74, 6) is -0.466. The van der Waals surface area contributed by atoms with Crippen LogP contribution in [0.4, 0.5) is 0 Å². The molecule has 0 unspecified atom stereocenters. The van der Waals surface area contributed by atoms with Crippen LogP contribution in [0.25, 0.3) is 11.1 Å². The van der Waals surface area contributed by atoms with E-state index in [1.807, 2.05) is 42.5 Å². The van der Waals surface area contributed by atoms with Crippen LogP contribution in [-0.2, 0) is 18.6 Å². The van der Waals surface area contributed by atoms with Crippen LogP contribution in [0.2, 0.25) is 18.1 Å². The monoisotopic (exact) mass is 472 g/mol. The van der Waals surface area contributed by atoms with Crippen LogP contribution in [0.3, 0.4) is 0 Å². The number of carbonyl (C=O) groups excluding carboxylic acids is 1. The highest BCUT2D eigenvalue weighted by Gasteiger charge is 2.50. The molecule has 1 aliphatic heterocycles. The summed E-state index contributed by atoms with van der Waals surface area (Å²) in [6.45, 7) is 10.7. The molecule has 0 aliphatic carbocycles. The molecule has 1 heterocycles. The zero-order valence-electron chi connectivity index (χ0n) is 20.5. The average Bonchev–Trinajstić information content (AvgIpc) is 3.12. The number of benzene rings is 2. The highest BCUT2D eigenvalue weighted by atomic mass is 28.4. The van der Waals surface area contributed by atoms with Crippen molar-refractivity contribution in [1.82, 2.24) is 0 Å². The van der Waals surface area contributed by atoms with E-state index in [9.17, 15) is 9.90 Å². The summed E-state index contributed by atoms with van der Waals surface area (Å²) in [6, 6.07) is 17.2. The van der Waals surface area contributed by atoms with Crippen molar-refractivity contribution < 1.29 is 28.5 Å². The molecule has 1 fully saturated rings. The average molecular weight is 473 g/mol. The van der Waals surface area contributed by atoms with Gasteiger partial charge in [0.1, 0.15) is 18.3 Å². The molecule has 2 aromatic carbocycles. The summed E-state index contributed by atoms with van der Waals surface area (Å²) in [5.41, 5.74) is 1.24. The van der Waals surface area contributed by atoms with Gasteiger partial charge < -0.3 is 23.7 Å². The lowest BCUT2D eigenvalue weighted by Crippen LogP contribution is -2.50. The second-order valence-corrected chi connectivity index (χ2v) is 15.0. The number of hydrogen-bond acceptors (Lipinski definition) is 6. The van der Waals surface area contributed by atoms with E-state index >= 15 is 0 Å². The van der Waals surface area contributed by atoms with Crippen molar-refractivity contribution in [2.24, 2.45) is 0 Å². The molecule has 1 saturated heterocycles. The molecule has 0 spiro atoms. The zero-order valence-corrected chi connectivity index (χ0v) is 21.5. The van der Waals surface area contributed by atoms with Crippen molar-refractivity contribution in [3.05, 3.63) is 60.2 Å². The van der Waals surface area contributed by atoms with Gasteiger partial charge in [-0.2, -0.15) is 0 Å². The molecular formula is C26H36O6Si. The third-order valence-corrected chi connectivity index (χ3v) is 11.3. The first-order valence-corrected chi connectivity index (χ1v) is 14.2. The Kier molecular flexibility index (Phi) is 7.81. The Morgan fingerprint density at radius 1 is 1.09 bits per heavy atom. The number of carbonyl (C=O) groups is 1. The second-order valence-electron chi connectivity index (χ2n) is 10.2. The molecule has 3 rings (SSSR count). The molecule has 0 aromatic heterocycles. The maximum absolute atomic E-state index is 12.6. The summed E-state index contributed by atoms with van der Waals surface area (Å²) >= 11 is 0. The van der Waals surface area contributed by atoms with Crippen molar-refractivity contribution in [2.45, 2.75) is 63.3 Å². The van der Waals surface area contributed by atoms with Crippen molar-refractivity contribution in [3.8, 4) is 11.1 Å². The SMILES string of the molecule is CO[C@H]1C[C@@](O)(CO[Si](C)(C)C(C)(C)C)[C@@H](COC(=O)c2ccc(-c3ccccc3)cc2)O1. The van der Waals surface area contributed by atoms with Crippen LogP contribution in [0.1, 0.15) is 37.6 Å². The van der Waals surface area contributed by atoms with Crippen LogP contribution in [0.15, 0.2) is 54.6 Å². The molecule has 33 heavy (non-hydrogen) atoms. The quantitative estimate of drug-likeness (QED) is 0.429. The van der Waals surface area contributed by atoms with E-state index in [1.54, 1.807) is 12.1 Å². The Labute approximate surface area is 198 Å². The van der Waals surface area contributed by atoms with Crippen LogP contribution in [0.5, 0.6) is 0 Å². The summed E-state index contributed by atoms with van der Waals surface area (Å²) in [7, 11) is -0.546. The second kappa shape index (κ2) is 10.1. The molecule has 1 N–H and O–H groups in total. The normalized spacial score (nSPS) is 23.5. The van der Waals surface area contributed by atoms with Gasteiger partial charge in [0.2, 0.25) is 0 Å². The third kappa shape index (κ3) is 6.10. The number of rotatable bonds is 8. The van der Waals surface area contributed by atoms with Crippen LogP contribution in [-0.4, -0.2) is 57.7 Å². The van der Waals surface area contributed by atoms with Crippen LogP contribution in [0, 0.1) is 0 Å². The van der Waals surface area contributed by atoms with Gasteiger partial charge in [-0.1, -0.05) is 63.2 Å². The van der Waals surface area contributed by atoms with Gasteiger partial charge in [0.15, 0.2) is 14.6 Å². The molecule has 0 radical (unpaired) electrons. The van der Waals surface area contributed by atoms with Crippen LogP contribution >= 0.6 is 0 Å². The standard InChI is InChI=1S/C26H36O6Si/c1-25(2,3)33(5,6)31-18-26(28)16-23(29-4)32-22(26)17-30-24(27)21-14-12-20(13-15-21)19-10-8-7-9-11-19/h7-15,22-23,28H,16-18H2,1-6H3/t22-,23-,26-/m1/s1. The molecule has 180 valence electrons. The number of ether oxygens (including phenoxy) is 3. The molecular weight excluding hydrogens is 436 g/mol. The Morgan fingerprint density at radius 3 is 2.27 bits per heavy atom. The van der Waals surface area contributed by atoms with Crippen molar-refractivity contribution in [3.63, 3.8) is 0 Å². The van der Waals surface area contributed by atoms with Gasteiger partial charge in [0.05, 0.1) is 12.2 Å². The molecule has 0 saturated carbocycles. The molecule has 7 heteroatoms. The number of aliphatic hydroxyl groups is 1. The van der Waals surface area contributed by atoms with Crippen molar-refractivity contribution >= 4 is 14.3 Å². The minimum Gasteiger partial charge on any atom is -0.459 e. The van der Waals surface area contributed by atoms with Gasteiger partial charge in [-0.3, -0.25) is 0 Å². The van der Waals surface area contributed by atoms with Gasteiger partial charge in [0, 0.05) is 13.5 Å². The Hall–Kier alpha value is -2.03. The predicted molar refractivity (Wildman–Crippen MR) is 131 cm³/mol. The molecule has 0 amide bonds. The molecule has 0 bridgehead atoms. The predicted octanol–water partition coefficient (Wildman–Crippen LogP) is 5.02. The van der Waals surface area contributed by atoms with E-state index in [0.717, 1.165) is 11.1 Å². The van der Waals surface area contributed by atoms with E-state index in [2.05, 4.69) is 33.9 Å². The van der Waals surface area contributed by atoms with Gasteiger partial charge in [-0.05, 0) is 41.4 Å². The number of esters is 1. The molecule has 6 nitrogen and oxygen atoms in total. The topological polar surface area (TPSA) is 74.2 Å². The minimum atomic E-state index is -2.08. The first kappa shape index (κ1) is 25.6. The van der Waals surface area contributed by atoms with Crippen LogP contribution < -0.4 is 0 Å². The fourth-order valence-corrected chi connectivity index (χ4v) is 4.49. The van der Waals surface area contributed by atoms with E-state index in [0.29, 0.717) is 5.56 Å². The molecule has 2 aromatic rings. The highest BCUT2D eigenvalue weighted by Crippen LogP contribution is 2.39. The van der Waals surface area contributed by atoms with Crippen molar-refractivity contribution in [2.75, 3.05) is 20.3 Å².